The predicted molar refractivity (Wildman–Crippen MR) is 132 cm³/mol. The van der Waals surface area contributed by atoms with Crippen molar-refractivity contribution in [2.45, 2.75) is 6.04 Å². The third kappa shape index (κ3) is 4.15. The highest BCUT2D eigenvalue weighted by Crippen LogP contribution is 2.34. The van der Waals surface area contributed by atoms with E-state index < -0.39 is 39.7 Å². The van der Waals surface area contributed by atoms with Crippen LogP contribution in [0.3, 0.4) is 0 Å². The summed E-state index contributed by atoms with van der Waals surface area (Å²) >= 11 is 0. The number of aromatic nitrogens is 3. The van der Waals surface area contributed by atoms with E-state index in [4.69, 9.17) is 4.74 Å². The third-order valence-corrected chi connectivity index (χ3v) is 6.25. The van der Waals surface area contributed by atoms with Crippen LogP contribution in [0.2, 0.25) is 0 Å². The fourth-order valence-electron chi connectivity index (χ4n) is 4.29. The number of anilines is 2. The van der Waals surface area contributed by atoms with E-state index in [1.807, 2.05) is 12.1 Å². The number of pyridine rings is 1. The van der Waals surface area contributed by atoms with Gasteiger partial charge in [0.1, 0.15) is 28.6 Å². The van der Waals surface area contributed by atoms with Gasteiger partial charge in [-0.3, -0.25) is 9.36 Å². The van der Waals surface area contributed by atoms with Gasteiger partial charge in [0, 0.05) is 38.2 Å². The Balaban J connectivity index is 1.57. The van der Waals surface area contributed by atoms with E-state index in [1.54, 1.807) is 19.2 Å². The molecule has 4 aromatic rings. The molecule has 0 saturated carbocycles. The van der Waals surface area contributed by atoms with Gasteiger partial charge < -0.3 is 24.6 Å². The van der Waals surface area contributed by atoms with E-state index in [2.05, 4.69) is 10.3 Å². The summed E-state index contributed by atoms with van der Waals surface area (Å²) < 4.78 is 38.4. The van der Waals surface area contributed by atoms with Crippen LogP contribution in [-0.2, 0) is 7.05 Å². The fourth-order valence-corrected chi connectivity index (χ4v) is 4.29. The largest absolute Gasteiger partial charge is 0.497 e. The number of nitrogens with zero attached hydrogens (tertiary/aromatic N) is 4. The monoisotopic (exact) mass is 509 g/mol. The molecule has 12 heteroatoms. The second-order valence-corrected chi connectivity index (χ2v) is 8.62. The number of hydrogen-bond acceptors (Lipinski definition) is 7. The minimum Gasteiger partial charge on any atom is -0.497 e. The maximum atomic E-state index is 15.9. The minimum absolute atomic E-state index is 0.0988. The average molecular weight is 509 g/mol. The molecule has 1 aliphatic rings. The normalized spacial score (nSPS) is 13.5. The van der Waals surface area contributed by atoms with Crippen molar-refractivity contribution in [3.63, 3.8) is 0 Å². The third-order valence-electron chi connectivity index (χ3n) is 6.25. The summed E-state index contributed by atoms with van der Waals surface area (Å²) in [7, 11) is 3.02. The van der Waals surface area contributed by atoms with E-state index in [0.717, 1.165) is 22.5 Å². The summed E-state index contributed by atoms with van der Waals surface area (Å²) in [5.41, 5.74) is -2.36. The Bertz CT molecular complexity index is 1660. The Kier molecular flexibility index (Phi) is 5.86. The Morgan fingerprint density at radius 2 is 1.86 bits per heavy atom. The molecule has 3 heterocycles. The lowest BCUT2D eigenvalue weighted by Gasteiger charge is -2.42. The average Bonchev–Trinajstić information content (AvgIpc) is 2.85. The topological polar surface area (TPSA) is 119 Å². The van der Waals surface area contributed by atoms with Crippen molar-refractivity contribution >= 4 is 28.2 Å². The number of carboxylic acid groups (broad SMARTS) is 1. The summed E-state index contributed by atoms with van der Waals surface area (Å²) in [5, 5.41) is 12.3. The van der Waals surface area contributed by atoms with E-state index in [-0.39, 0.29) is 36.2 Å². The van der Waals surface area contributed by atoms with Crippen molar-refractivity contribution in [3.8, 4) is 11.6 Å². The van der Waals surface area contributed by atoms with Gasteiger partial charge >= 0.3 is 11.7 Å². The minimum atomic E-state index is -1.58. The second kappa shape index (κ2) is 9.04. The van der Waals surface area contributed by atoms with Gasteiger partial charge in [-0.1, -0.05) is 0 Å². The zero-order valence-corrected chi connectivity index (χ0v) is 19.7. The molecule has 1 fully saturated rings. The van der Waals surface area contributed by atoms with Crippen molar-refractivity contribution < 1.29 is 23.4 Å². The lowest BCUT2D eigenvalue weighted by molar-refractivity contribution is 0.0695. The first-order valence-electron chi connectivity index (χ1n) is 11.2. The van der Waals surface area contributed by atoms with Crippen LogP contribution in [0, 0.1) is 11.6 Å². The zero-order chi connectivity index (χ0) is 26.4. The molecular weight excluding hydrogens is 488 g/mol. The van der Waals surface area contributed by atoms with Gasteiger partial charge in [0.25, 0.3) is 0 Å². The summed E-state index contributed by atoms with van der Waals surface area (Å²) in [6, 6.07) is 9.32. The van der Waals surface area contributed by atoms with E-state index in [9.17, 15) is 19.5 Å². The van der Waals surface area contributed by atoms with Crippen LogP contribution in [0.5, 0.6) is 5.75 Å². The molecular formula is C25H21F2N5O5. The molecule has 0 aliphatic carbocycles. The molecule has 0 radical (unpaired) electrons. The van der Waals surface area contributed by atoms with Crippen LogP contribution in [-0.4, -0.2) is 51.4 Å². The fraction of sp³-hybridized carbons (Fsp3) is 0.200. The number of ether oxygens (including phenoxy) is 1. The number of hydrogen-bond donors (Lipinski definition) is 2. The zero-order valence-electron chi connectivity index (χ0n) is 19.7. The molecule has 0 amide bonds. The van der Waals surface area contributed by atoms with Gasteiger partial charge in [-0.05, 0) is 36.4 Å². The molecule has 37 heavy (non-hydrogen) atoms. The van der Waals surface area contributed by atoms with Crippen molar-refractivity contribution in [2.24, 2.45) is 7.05 Å². The molecule has 0 bridgehead atoms. The molecule has 10 nitrogen and oxygen atoms in total. The highest BCUT2D eigenvalue weighted by molar-refractivity contribution is 5.94. The molecule has 0 atom stereocenters. The Morgan fingerprint density at radius 3 is 2.49 bits per heavy atom. The van der Waals surface area contributed by atoms with E-state index >= 15 is 8.78 Å². The van der Waals surface area contributed by atoms with Gasteiger partial charge in [-0.25, -0.2) is 18.4 Å². The van der Waals surface area contributed by atoms with Crippen molar-refractivity contribution in [3.05, 3.63) is 86.7 Å². The number of methoxy groups -OCH3 is 1. The molecule has 2 N–H and O–H groups in total. The van der Waals surface area contributed by atoms with Crippen LogP contribution in [0.1, 0.15) is 10.4 Å². The molecule has 2 aromatic heterocycles. The van der Waals surface area contributed by atoms with Gasteiger partial charge in [0.05, 0.1) is 24.1 Å². The van der Waals surface area contributed by atoms with Crippen LogP contribution in [0.25, 0.3) is 16.7 Å². The first-order valence-corrected chi connectivity index (χ1v) is 11.2. The summed E-state index contributed by atoms with van der Waals surface area (Å²) in [5.74, 6) is -3.06. The molecule has 1 saturated heterocycles. The number of rotatable bonds is 6. The highest BCUT2D eigenvalue weighted by Gasteiger charge is 2.33. The molecule has 2 aromatic carbocycles. The Hall–Kier alpha value is -4.74. The summed E-state index contributed by atoms with van der Waals surface area (Å²) in [6.07, 6.45) is 2.26. The van der Waals surface area contributed by atoms with Gasteiger partial charge in [0.15, 0.2) is 5.82 Å². The van der Waals surface area contributed by atoms with Crippen molar-refractivity contribution in [2.75, 3.05) is 30.4 Å². The summed E-state index contributed by atoms with van der Waals surface area (Å²) in [4.78, 5) is 41.9. The van der Waals surface area contributed by atoms with E-state index in [1.165, 1.54) is 28.8 Å². The number of aryl methyl sites for hydroxylation is 1. The molecule has 0 unspecified atom stereocenters. The number of benzene rings is 2. The number of aromatic carboxylic acids is 1. The quantitative estimate of drug-likeness (QED) is 0.407. The molecule has 1 aliphatic heterocycles. The smallest absolute Gasteiger partial charge is 0.349 e. The van der Waals surface area contributed by atoms with Gasteiger partial charge in [0.2, 0.25) is 5.43 Å². The first-order chi connectivity index (χ1) is 17.7. The SMILES string of the molecule is COc1ccc(NC2CN(c3c(F)cc4c(=O)c(C(=O)O)cn(-c5ccn(C)c(=O)n5)c4c3F)C2)cc1. The van der Waals surface area contributed by atoms with Crippen molar-refractivity contribution in [1.29, 1.82) is 0 Å². The number of halogens is 2. The van der Waals surface area contributed by atoms with Crippen LogP contribution in [0.15, 0.2) is 58.4 Å². The highest BCUT2D eigenvalue weighted by atomic mass is 19.1. The molecule has 190 valence electrons. The van der Waals surface area contributed by atoms with Gasteiger partial charge in [-0.2, -0.15) is 4.98 Å². The standard InChI is InChI=1S/C25H21F2N5O5/c1-30-8-7-19(29-25(30)36)32-12-17(24(34)35)23(33)16-9-18(26)22(20(27)21(16)32)31-10-14(11-31)28-13-3-5-15(37-2)6-4-13/h3-9,12,14,28H,10-11H2,1-2H3,(H,34,35). The maximum absolute atomic E-state index is 15.9. The predicted octanol–water partition coefficient (Wildman–Crippen LogP) is 2.37. The van der Waals surface area contributed by atoms with Crippen LogP contribution >= 0.6 is 0 Å². The number of carbonyl (C=O) groups is 1. The Labute approximate surface area is 208 Å². The van der Waals surface area contributed by atoms with E-state index in [0.29, 0.717) is 5.75 Å². The van der Waals surface area contributed by atoms with Crippen LogP contribution in [0.4, 0.5) is 20.2 Å². The maximum Gasteiger partial charge on any atom is 0.349 e. The number of carboxylic acids is 1. The van der Waals surface area contributed by atoms with Crippen LogP contribution < -0.4 is 26.1 Å². The Morgan fingerprint density at radius 1 is 1.16 bits per heavy atom. The molecule has 5 rings (SSSR count). The second-order valence-electron chi connectivity index (χ2n) is 8.62. The first kappa shape index (κ1) is 24.0. The number of nitrogens with one attached hydrogen (secondary N) is 1. The lowest BCUT2D eigenvalue weighted by Crippen LogP contribution is -2.55. The van der Waals surface area contributed by atoms with Crippen molar-refractivity contribution in [1.82, 2.24) is 14.1 Å². The molecule has 0 spiro atoms. The summed E-state index contributed by atoms with van der Waals surface area (Å²) in [6.45, 7) is 0.542. The van der Waals surface area contributed by atoms with Gasteiger partial charge in [-0.15, -0.1) is 0 Å². The lowest BCUT2D eigenvalue weighted by atomic mass is 10.0. The number of fused-ring (bicyclic) bond motifs is 1.